The summed E-state index contributed by atoms with van der Waals surface area (Å²) in [5.74, 6) is 1.92. The maximum absolute atomic E-state index is 12.2. The van der Waals surface area contributed by atoms with Crippen LogP contribution in [0.5, 0.6) is 0 Å². The fraction of sp³-hybridized carbons (Fsp3) is 0.444. The zero-order valence-corrected chi connectivity index (χ0v) is 16.1. The summed E-state index contributed by atoms with van der Waals surface area (Å²) in [7, 11) is 0. The van der Waals surface area contributed by atoms with Gasteiger partial charge in [0.05, 0.1) is 0 Å². The van der Waals surface area contributed by atoms with E-state index in [9.17, 15) is 4.79 Å². The second-order valence-electron chi connectivity index (χ2n) is 6.06. The Labute approximate surface area is 157 Å². The van der Waals surface area contributed by atoms with Crippen molar-refractivity contribution in [3.63, 3.8) is 0 Å². The smallest absolute Gasteiger partial charge is 0.317 e. The van der Waals surface area contributed by atoms with E-state index in [1.807, 2.05) is 28.2 Å². The normalized spacial score (nSPS) is 14.6. The quantitative estimate of drug-likeness (QED) is 0.787. The number of nitrogens with zero attached hydrogens (tertiary/aromatic N) is 3. The van der Waals surface area contributed by atoms with Gasteiger partial charge in [0.1, 0.15) is 0 Å². The molecule has 2 aromatic rings. The molecule has 0 radical (unpaired) electrons. The highest BCUT2D eigenvalue weighted by atomic mass is 32.2. The molecule has 0 bridgehead atoms. The van der Waals surface area contributed by atoms with Gasteiger partial charge in [-0.3, -0.25) is 0 Å². The fourth-order valence-electron chi connectivity index (χ4n) is 2.69. The number of aryl methyl sites for hydroxylation is 1. The summed E-state index contributed by atoms with van der Waals surface area (Å²) < 4.78 is 0. The molecule has 1 aliphatic rings. The first-order chi connectivity index (χ1) is 12.2. The minimum Gasteiger partial charge on any atom is -0.345 e. The maximum atomic E-state index is 12.2. The average Bonchev–Trinajstić information content (AvgIpc) is 3.18. The molecule has 134 valence electrons. The van der Waals surface area contributed by atoms with E-state index in [2.05, 4.69) is 46.4 Å². The number of thiazole rings is 1. The highest BCUT2D eigenvalue weighted by Gasteiger charge is 2.21. The molecule has 0 aliphatic carbocycles. The highest BCUT2D eigenvalue weighted by molar-refractivity contribution is 7.98. The van der Waals surface area contributed by atoms with Crippen molar-refractivity contribution < 1.29 is 4.79 Å². The van der Waals surface area contributed by atoms with Crippen LogP contribution in [0.25, 0.3) is 0 Å². The molecule has 0 saturated carbocycles. The number of carbonyl (C=O) groups excluding carboxylic acids is 1. The van der Waals surface area contributed by atoms with Crippen LogP contribution >= 0.6 is 23.1 Å². The van der Waals surface area contributed by atoms with E-state index in [1.165, 1.54) is 11.1 Å². The summed E-state index contributed by atoms with van der Waals surface area (Å²) in [5, 5.41) is 6.07. The van der Waals surface area contributed by atoms with Gasteiger partial charge in [0.2, 0.25) is 0 Å². The Morgan fingerprint density at radius 2 is 2.00 bits per heavy atom. The van der Waals surface area contributed by atoms with Crippen LogP contribution in [-0.4, -0.2) is 54.4 Å². The third kappa shape index (κ3) is 5.37. The van der Waals surface area contributed by atoms with E-state index in [-0.39, 0.29) is 6.03 Å². The summed E-state index contributed by atoms with van der Waals surface area (Å²) >= 11 is 3.50. The molecule has 0 atom stereocenters. The van der Waals surface area contributed by atoms with Gasteiger partial charge in [0, 0.05) is 55.8 Å². The molecule has 7 heteroatoms. The second kappa shape index (κ2) is 9.10. The van der Waals surface area contributed by atoms with Gasteiger partial charge < -0.3 is 15.1 Å². The molecule has 1 N–H and O–H groups in total. The first-order valence-electron chi connectivity index (χ1n) is 8.53. The van der Waals surface area contributed by atoms with Crippen molar-refractivity contribution in [2.45, 2.75) is 12.7 Å². The van der Waals surface area contributed by atoms with E-state index in [4.69, 9.17) is 0 Å². The standard InChI is InChI=1S/C18H24N4OS2/c1-15-2-4-16(5-3-15)14-24-12-6-19-17(23)21-8-10-22(11-9-21)18-20-7-13-25-18/h2-5,7,13H,6,8-12,14H2,1H3,(H,19,23). The molecule has 1 saturated heterocycles. The van der Waals surface area contributed by atoms with Crippen molar-refractivity contribution in [1.29, 1.82) is 0 Å². The molecule has 2 heterocycles. The molecule has 1 aromatic heterocycles. The fourth-order valence-corrected chi connectivity index (χ4v) is 4.20. The zero-order valence-electron chi connectivity index (χ0n) is 14.5. The van der Waals surface area contributed by atoms with Crippen molar-refractivity contribution in [3.05, 3.63) is 47.0 Å². The Morgan fingerprint density at radius 1 is 1.24 bits per heavy atom. The van der Waals surface area contributed by atoms with Crippen molar-refractivity contribution in [2.24, 2.45) is 0 Å². The van der Waals surface area contributed by atoms with Gasteiger partial charge in [-0.05, 0) is 12.5 Å². The minimum atomic E-state index is 0.0507. The lowest BCUT2D eigenvalue weighted by Gasteiger charge is -2.34. The predicted molar refractivity (Wildman–Crippen MR) is 107 cm³/mol. The van der Waals surface area contributed by atoms with E-state index in [0.717, 1.165) is 42.8 Å². The second-order valence-corrected chi connectivity index (χ2v) is 8.04. The van der Waals surface area contributed by atoms with Gasteiger partial charge in [0.25, 0.3) is 0 Å². The van der Waals surface area contributed by atoms with Crippen LogP contribution in [-0.2, 0) is 5.75 Å². The molecule has 0 unspecified atom stereocenters. The minimum absolute atomic E-state index is 0.0507. The van der Waals surface area contributed by atoms with E-state index < -0.39 is 0 Å². The van der Waals surface area contributed by atoms with Crippen molar-refractivity contribution in [1.82, 2.24) is 15.2 Å². The lowest BCUT2D eigenvalue weighted by Crippen LogP contribution is -2.52. The number of benzene rings is 1. The number of piperazine rings is 1. The number of rotatable bonds is 6. The number of carbonyl (C=O) groups is 1. The van der Waals surface area contributed by atoms with Gasteiger partial charge in [-0.2, -0.15) is 11.8 Å². The van der Waals surface area contributed by atoms with Gasteiger partial charge in [0.15, 0.2) is 5.13 Å². The lowest BCUT2D eigenvalue weighted by molar-refractivity contribution is 0.195. The number of nitrogens with one attached hydrogen (secondary N) is 1. The van der Waals surface area contributed by atoms with Gasteiger partial charge in [-0.15, -0.1) is 11.3 Å². The first kappa shape index (κ1) is 18.1. The number of hydrogen-bond donors (Lipinski definition) is 1. The summed E-state index contributed by atoms with van der Waals surface area (Å²) in [6, 6.07) is 8.67. The monoisotopic (exact) mass is 376 g/mol. The lowest BCUT2D eigenvalue weighted by atomic mass is 10.2. The largest absolute Gasteiger partial charge is 0.345 e. The molecular formula is C18H24N4OS2. The third-order valence-electron chi connectivity index (χ3n) is 4.17. The average molecular weight is 377 g/mol. The molecule has 0 spiro atoms. The summed E-state index contributed by atoms with van der Waals surface area (Å²) in [6.45, 7) is 6.02. The van der Waals surface area contributed by atoms with Crippen molar-refractivity contribution in [3.8, 4) is 0 Å². The summed E-state index contributed by atoms with van der Waals surface area (Å²) in [5.41, 5.74) is 2.62. The number of amides is 2. The highest BCUT2D eigenvalue weighted by Crippen LogP contribution is 2.18. The van der Waals surface area contributed by atoms with Crippen LogP contribution in [0.1, 0.15) is 11.1 Å². The Kier molecular flexibility index (Phi) is 6.58. The predicted octanol–water partition coefficient (Wildman–Crippen LogP) is 3.22. The Bertz CT molecular complexity index is 652. The van der Waals surface area contributed by atoms with Crippen LogP contribution in [0, 0.1) is 6.92 Å². The van der Waals surface area contributed by atoms with Crippen molar-refractivity contribution >= 4 is 34.3 Å². The molecule has 1 aromatic carbocycles. The van der Waals surface area contributed by atoms with E-state index in [0.29, 0.717) is 6.54 Å². The molecule has 2 amide bonds. The first-order valence-corrected chi connectivity index (χ1v) is 10.6. The molecule has 3 rings (SSSR count). The molecule has 1 aliphatic heterocycles. The molecular weight excluding hydrogens is 352 g/mol. The van der Waals surface area contributed by atoms with Crippen LogP contribution in [0.4, 0.5) is 9.93 Å². The number of hydrogen-bond acceptors (Lipinski definition) is 5. The van der Waals surface area contributed by atoms with Gasteiger partial charge >= 0.3 is 6.03 Å². The van der Waals surface area contributed by atoms with Crippen LogP contribution < -0.4 is 10.2 Å². The van der Waals surface area contributed by atoms with E-state index >= 15 is 0 Å². The van der Waals surface area contributed by atoms with E-state index in [1.54, 1.807) is 11.3 Å². The van der Waals surface area contributed by atoms with Crippen LogP contribution in [0.2, 0.25) is 0 Å². The number of thioether (sulfide) groups is 1. The number of anilines is 1. The number of urea groups is 1. The van der Waals surface area contributed by atoms with Crippen molar-refractivity contribution in [2.75, 3.05) is 43.4 Å². The zero-order chi connectivity index (χ0) is 17.5. The molecule has 1 fully saturated rings. The van der Waals surface area contributed by atoms with Crippen LogP contribution in [0.3, 0.4) is 0 Å². The Morgan fingerprint density at radius 3 is 2.68 bits per heavy atom. The number of aromatic nitrogens is 1. The Balaban J connectivity index is 1.30. The maximum Gasteiger partial charge on any atom is 0.317 e. The van der Waals surface area contributed by atoms with Crippen LogP contribution in [0.15, 0.2) is 35.8 Å². The topological polar surface area (TPSA) is 48.5 Å². The third-order valence-corrected chi connectivity index (χ3v) is 6.03. The molecule has 5 nitrogen and oxygen atoms in total. The van der Waals surface area contributed by atoms with Gasteiger partial charge in [-0.1, -0.05) is 29.8 Å². The molecule has 25 heavy (non-hydrogen) atoms. The summed E-state index contributed by atoms with van der Waals surface area (Å²) in [6.07, 6.45) is 1.83. The SMILES string of the molecule is Cc1ccc(CSCCNC(=O)N2CCN(c3nccs3)CC2)cc1. The van der Waals surface area contributed by atoms with Gasteiger partial charge in [-0.25, -0.2) is 9.78 Å². The summed E-state index contributed by atoms with van der Waals surface area (Å²) in [4.78, 5) is 20.7. The Hall–Kier alpha value is -1.73.